The highest BCUT2D eigenvalue weighted by Gasteiger charge is 2.11. The van der Waals surface area contributed by atoms with E-state index in [2.05, 4.69) is 12.1 Å². The molecule has 1 aliphatic carbocycles. The Hall–Kier alpha value is -1.94. The fraction of sp³-hybridized carbons (Fsp3) is 0.235. The minimum Gasteiger partial charge on any atom is -0.489 e. The van der Waals surface area contributed by atoms with Gasteiger partial charge >= 0.3 is 0 Å². The molecule has 0 amide bonds. The second-order valence-corrected chi connectivity index (χ2v) is 5.72. The first kappa shape index (κ1) is 14.0. The number of ether oxygens (including phenoxy) is 1. The summed E-state index contributed by atoms with van der Waals surface area (Å²) in [4.78, 5) is 0.188. The maximum Gasteiger partial charge on any atom is 0.124 e. The van der Waals surface area contributed by atoms with Crippen LogP contribution in [0.25, 0.3) is 0 Å². The molecule has 0 atom stereocenters. The molecule has 0 saturated carbocycles. The molecule has 2 aromatic rings. The Morgan fingerprint density at radius 2 is 1.95 bits per heavy atom. The van der Waals surface area contributed by atoms with E-state index in [0.717, 1.165) is 24.2 Å². The minimum atomic E-state index is -0.354. The third kappa shape index (κ3) is 3.22. The van der Waals surface area contributed by atoms with Crippen molar-refractivity contribution < 1.29 is 9.13 Å². The van der Waals surface area contributed by atoms with Crippen molar-refractivity contribution in [2.45, 2.75) is 25.9 Å². The van der Waals surface area contributed by atoms with Gasteiger partial charge in [0.2, 0.25) is 0 Å². The van der Waals surface area contributed by atoms with E-state index in [1.165, 1.54) is 29.7 Å². The van der Waals surface area contributed by atoms with Crippen LogP contribution in [-0.4, -0.2) is 4.99 Å². The van der Waals surface area contributed by atoms with Crippen molar-refractivity contribution in [1.29, 1.82) is 0 Å². The number of thiocarbonyl (C=S) groups is 1. The van der Waals surface area contributed by atoms with E-state index < -0.39 is 0 Å². The molecule has 0 spiro atoms. The summed E-state index contributed by atoms with van der Waals surface area (Å²) in [5.74, 6) is 0.463. The SMILES string of the molecule is NC(=S)c1cc(F)cc(COc2ccc3c(c2)CCC3)c1. The third-order valence-electron chi connectivity index (χ3n) is 3.72. The molecule has 3 rings (SSSR count). The van der Waals surface area contributed by atoms with Crippen LogP contribution < -0.4 is 10.5 Å². The Kier molecular flexibility index (Phi) is 3.88. The van der Waals surface area contributed by atoms with Gasteiger partial charge in [-0.1, -0.05) is 18.3 Å². The number of aryl methyl sites for hydroxylation is 2. The van der Waals surface area contributed by atoms with Gasteiger partial charge in [-0.15, -0.1) is 0 Å². The Bertz CT molecular complexity index is 699. The predicted octanol–water partition coefficient (Wildman–Crippen LogP) is 3.53. The number of fused-ring (bicyclic) bond motifs is 1. The van der Waals surface area contributed by atoms with Crippen LogP contribution >= 0.6 is 12.2 Å². The van der Waals surface area contributed by atoms with Gasteiger partial charge in [0.25, 0.3) is 0 Å². The lowest BCUT2D eigenvalue weighted by atomic mass is 10.1. The third-order valence-corrected chi connectivity index (χ3v) is 3.95. The van der Waals surface area contributed by atoms with Crippen molar-refractivity contribution in [2.24, 2.45) is 5.73 Å². The van der Waals surface area contributed by atoms with Crippen LogP contribution in [-0.2, 0) is 19.4 Å². The second kappa shape index (κ2) is 5.82. The number of nitrogens with two attached hydrogens (primary N) is 1. The van der Waals surface area contributed by atoms with E-state index >= 15 is 0 Å². The highest BCUT2D eigenvalue weighted by atomic mass is 32.1. The summed E-state index contributed by atoms with van der Waals surface area (Å²) in [5, 5.41) is 0. The topological polar surface area (TPSA) is 35.2 Å². The molecule has 0 saturated heterocycles. The summed E-state index contributed by atoms with van der Waals surface area (Å²) in [5.41, 5.74) is 9.55. The summed E-state index contributed by atoms with van der Waals surface area (Å²) in [7, 11) is 0. The van der Waals surface area contributed by atoms with Crippen molar-refractivity contribution in [2.75, 3.05) is 0 Å². The number of hydrogen-bond donors (Lipinski definition) is 1. The highest BCUT2D eigenvalue weighted by molar-refractivity contribution is 7.80. The van der Waals surface area contributed by atoms with Gasteiger partial charge < -0.3 is 10.5 Å². The fourth-order valence-corrected chi connectivity index (χ4v) is 2.80. The normalized spacial score (nSPS) is 13.0. The largest absolute Gasteiger partial charge is 0.489 e. The van der Waals surface area contributed by atoms with Gasteiger partial charge in [0.1, 0.15) is 23.2 Å². The molecular formula is C17H16FNOS. The van der Waals surface area contributed by atoms with Crippen molar-refractivity contribution in [3.8, 4) is 5.75 Å². The van der Waals surface area contributed by atoms with Crippen LogP contribution in [0.1, 0.15) is 28.7 Å². The van der Waals surface area contributed by atoms with E-state index in [1.54, 1.807) is 6.07 Å². The number of benzene rings is 2. The lowest BCUT2D eigenvalue weighted by Gasteiger charge is -2.09. The molecule has 0 heterocycles. The maximum absolute atomic E-state index is 13.5. The molecule has 108 valence electrons. The predicted molar refractivity (Wildman–Crippen MR) is 85.1 cm³/mol. The molecule has 0 bridgehead atoms. The first-order valence-electron chi connectivity index (χ1n) is 6.96. The number of halogens is 1. The average Bonchev–Trinajstić information content (AvgIpc) is 2.92. The monoisotopic (exact) mass is 301 g/mol. The molecular weight excluding hydrogens is 285 g/mol. The quantitative estimate of drug-likeness (QED) is 0.878. The Balaban J connectivity index is 1.74. The zero-order chi connectivity index (χ0) is 14.8. The molecule has 2 N–H and O–H groups in total. The van der Waals surface area contributed by atoms with E-state index in [9.17, 15) is 4.39 Å². The molecule has 0 aromatic heterocycles. The average molecular weight is 301 g/mol. The van der Waals surface area contributed by atoms with Gasteiger partial charge in [-0.25, -0.2) is 4.39 Å². The maximum atomic E-state index is 13.5. The van der Waals surface area contributed by atoms with Crippen LogP contribution in [0, 0.1) is 5.82 Å². The van der Waals surface area contributed by atoms with Gasteiger partial charge in [0, 0.05) is 5.56 Å². The standard InChI is InChI=1S/C17H16FNOS/c18-15-7-11(6-14(8-15)17(19)21)10-20-16-5-4-12-2-1-3-13(12)9-16/h4-9H,1-3,10H2,(H2,19,21). The molecule has 0 unspecified atom stereocenters. The summed E-state index contributed by atoms with van der Waals surface area (Å²) in [6.45, 7) is 0.298. The fourth-order valence-electron chi connectivity index (χ4n) is 2.68. The van der Waals surface area contributed by atoms with Gasteiger partial charge in [0.05, 0.1) is 0 Å². The molecule has 1 aliphatic rings. The Labute approximate surface area is 128 Å². The summed E-state index contributed by atoms with van der Waals surface area (Å²) < 4.78 is 19.3. The Morgan fingerprint density at radius 1 is 1.14 bits per heavy atom. The lowest BCUT2D eigenvalue weighted by Crippen LogP contribution is -2.10. The van der Waals surface area contributed by atoms with E-state index in [1.807, 2.05) is 6.07 Å². The molecule has 21 heavy (non-hydrogen) atoms. The van der Waals surface area contributed by atoms with Gasteiger partial charge in [-0.3, -0.25) is 0 Å². The van der Waals surface area contributed by atoms with Crippen LogP contribution in [0.4, 0.5) is 4.39 Å². The van der Waals surface area contributed by atoms with Crippen molar-refractivity contribution in [1.82, 2.24) is 0 Å². The molecule has 2 aromatic carbocycles. The van der Waals surface area contributed by atoms with Crippen LogP contribution in [0.5, 0.6) is 5.75 Å². The van der Waals surface area contributed by atoms with Crippen LogP contribution in [0.3, 0.4) is 0 Å². The summed E-state index contributed by atoms with van der Waals surface area (Å²) >= 11 is 4.88. The molecule has 0 aliphatic heterocycles. The summed E-state index contributed by atoms with van der Waals surface area (Å²) in [6, 6.07) is 10.7. The zero-order valence-electron chi connectivity index (χ0n) is 11.6. The van der Waals surface area contributed by atoms with E-state index in [0.29, 0.717) is 12.2 Å². The van der Waals surface area contributed by atoms with E-state index in [4.69, 9.17) is 22.7 Å². The molecule has 0 fully saturated rings. The van der Waals surface area contributed by atoms with Crippen molar-refractivity contribution in [3.63, 3.8) is 0 Å². The molecule has 4 heteroatoms. The van der Waals surface area contributed by atoms with Gasteiger partial charge in [-0.05, 0) is 66.3 Å². The van der Waals surface area contributed by atoms with Gasteiger partial charge in [-0.2, -0.15) is 0 Å². The van der Waals surface area contributed by atoms with Crippen molar-refractivity contribution >= 4 is 17.2 Å². The number of hydrogen-bond acceptors (Lipinski definition) is 2. The van der Waals surface area contributed by atoms with Crippen LogP contribution in [0.2, 0.25) is 0 Å². The highest BCUT2D eigenvalue weighted by Crippen LogP contribution is 2.26. The smallest absolute Gasteiger partial charge is 0.124 e. The Morgan fingerprint density at radius 3 is 2.76 bits per heavy atom. The summed E-state index contributed by atoms with van der Waals surface area (Å²) in [6.07, 6.45) is 3.47. The van der Waals surface area contributed by atoms with Crippen LogP contribution in [0.15, 0.2) is 36.4 Å². The molecule has 2 nitrogen and oxygen atoms in total. The van der Waals surface area contributed by atoms with Crippen molar-refractivity contribution in [3.05, 3.63) is 64.5 Å². The lowest BCUT2D eigenvalue weighted by molar-refractivity contribution is 0.305. The minimum absolute atomic E-state index is 0.188. The number of rotatable bonds is 4. The second-order valence-electron chi connectivity index (χ2n) is 5.29. The zero-order valence-corrected chi connectivity index (χ0v) is 12.4. The van der Waals surface area contributed by atoms with E-state index in [-0.39, 0.29) is 10.8 Å². The van der Waals surface area contributed by atoms with Gasteiger partial charge in [0.15, 0.2) is 0 Å². The first-order valence-corrected chi connectivity index (χ1v) is 7.36. The first-order chi connectivity index (χ1) is 10.1. The molecule has 0 radical (unpaired) electrons.